The summed E-state index contributed by atoms with van der Waals surface area (Å²) >= 11 is 0. The van der Waals surface area contributed by atoms with Crippen LogP contribution in [0.2, 0.25) is 0 Å². The van der Waals surface area contributed by atoms with Gasteiger partial charge in [-0.3, -0.25) is 0 Å². The molecule has 2 heteroatoms. The topological polar surface area (TPSA) is 0 Å². The van der Waals surface area contributed by atoms with Gasteiger partial charge in [0.25, 0.3) is 0 Å². The summed E-state index contributed by atoms with van der Waals surface area (Å²) in [6.45, 7) is 0. The molecule has 2 unspecified atom stereocenters. The van der Waals surface area contributed by atoms with Crippen LogP contribution in [0.25, 0.3) is 21.0 Å². The van der Waals surface area contributed by atoms with Crippen LogP contribution in [0.1, 0.15) is 0 Å². The monoisotopic (exact) mass is 266 g/mol. The molecule has 0 aliphatic carbocycles. The Kier molecular flexibility index (Phi) is 2.33. The van der Waals surface area contributed by atoms with E-state index in [0.717, 1.165) is 0 Å². The standard InChI is InChI=1S/C16H12P2/c1-3-7-15-13(5-1)9-11-17(15)18-12-10-14-6-2-4-8-16(14)18/h1-12H. The van der Waals surface area contributed by atoms with Crippen LogP contribution in [0.3, 0.4) is 0 Å². The van der Waals surface area contributed by atoms with Crippen molar-refractivity contribution in [2.75, 3.05) is 0 Å². The lowest BCUT2D eigenvalue weighted by molar-refractivity contribution is 1.86. The smallest absolute Gasteiger partial charge is 0.00903 e. The highest BCUT2D eigenvalue weighted by Gasteiger charge is 2.07. The first-order chi connectivity index (χ1) is 8.93. The minimum atomic E-state index is -0.151. The second-order valence-corrected chi connectivity index (χ2v) is 9.96. The molecule has 18 heavy (non-hydrogen) atoms. The van der Waals surface area contributed by atoms with Gasteiger partial charge in [-0.15, -0.1) is 0 Å². The molecule has 0 radical (unpaired) electrons. The van der Waals surface area contributed by atoms with Crippen LogP contribution >= 0.6 is 14.4 Å². The van der Waals surface area contributed by atoms with Crippen LogP contribution in [-0.4, -0.2) is 0 Å². The fourth-order valence-electron chi connectivity index (χ4n) is 2.51. The summed E-state index contributed by atoms with van der Waals surface area (Å²) in [4.78, 5) is 0. The molecule has 86 valence electrons. The van der Waals surface area contributed by atoms with E-state index >= 15 is 0 Å². The summed E-state index contributed by atoms with van der Waals surface area (Å²) in [5.41, 5.74) is 0. The molecule has 2 heterocycles. The molecule has 0 saturated carbocycles. The van der Waals surface area contributed by atoms with Crippen LogP contribution in [0.5, 0.6) is 0 Å². The fraction of sp³-hybridized carbons (Fsp3) is 0. The van der Waals surface area contributed by atoms with Crippen molar-refractivity contribution in [2.24, 2.45) is 0 Å². The van der Waals surface area contributed by atoms with E-state index in [-0.39, 0.29) is 14.4 Å². The van der Waals surface area contributed by atoms with Gasteiger partial charge in [0.1, 0.15) is 0 Å². The summed E-state index contributed by atoms with van der Waals surface area (Å²) in [6.07, 6.45) is 0. The van der Waals surface area contributed by atoms with Crippen LogP contribution in [0.15, 0.2) is 72.3 Å². The highest BCUT2D eigenvalue weighted by molar-refractivity contribution is 8.25. The fourth-order valence-corrected chi connectivity index (χ4v) is 9.24. The molecule has 0 aliphatic rings. The average molecular weight is 266 g/mol. The first kappa shape index (κ1) is 10.4. The summed E-state index contributed by atoms with van der Waals surface area (Å²) in [5, 5.41) is 5.95. The first-order valence-electron chi connectivity index (χ1n) is 6.06. The Labute approximate surface area is 108 Å². The molecule has 2 aromatic carbocycles. The van der Waals surface area contributed by atoms with Crippen LogP contribution in [0.4, 0.5) is 0 Å². The van der Waals surface area contributed by atoms with Crippen molar-refractivity contribution in [3.8, 4) is 0 Å². The van der Waals surface area contributed by atoms with Gasteiger partial charge in [-0.1, -0.05) is 50.8 Å². The van der Waals surface area contributed by atoms with Gasteiger partial charge in [-0.2, -0.15) is 0 Å². The maximum atomic E-state index is 2.44. The zero-order chi connectivity index (χ0) is 11.9. The van der Waals surface area contributed by atoms with Crippen molar-refractivity contribution in [2.45, 2.75) is 0 Å². The van der Waals surface area contributed by atoms with E-state index in [0.29, 0.717) is 0 Å². The van der Waals surface area contributed by atoms with E-state index in [4.69, 9.17) is 0 Å². The second kappa shape index (κ2) is 4.02. The normalized spacial score (nSPS) is 13.3. The molecule has 2 aromatic heterocycles. The summed E-state index contributed by atoms with van der Waals surface area (Å²) < 4.78 is 0. The van der Waals surface area contributed by atoms with Gasteiger partial charge < -0.3 is 0 Å². The van der Waals surface area contributed by atoms with E-state index in [9.17, 15) is 0 Å². The molecule has 0 fully saturated rings. The van der Waals surface area contributed by atoms with E-state index in [2.05, 4.69) is 72.3 Å². The van der Waals surface area contributed by atoms with Gasteiger partial charge in [0.2, 0.25) is 0 Å². The number of rotatable bonds is 1. The van der Waals surface area contributed by atoms with Crippen LogP contribution in [0, 0.1) is 0 Å². The molecule has 0 amide bonds. The lowest BCUT2D eigenvalue weighted by Crippen LogP contribution is -1.59. The van der Waals surface area contributed by atoms with Crippen LogP contribution < -0.4 is 0 Å². The zero-order valence-corrected chi connectivity index (χ0v) is 11.6. The van der Waals surface area contributed by atoms with E-state index < -0.39 is 0 Å². The van der Waals surface area contributed by atoms with Gasteiger partial charge >= 0.3 is 0 Å². The SMILES string of the molecule is c1ccc2c(c1)ccp2-p1ccc2ccccc21. The van der Waals surface area contributed by atoms with Crippen LogP contribution in [-0.2, 0) is 0 Å². The summed E-state index contributed by atoms with van der Waals surface area (Å²) in [6, 6.07) is 22.3. The Morgan fingerprint density at radius 1 is 0.500 bits per heavy atom. The quantitative estimate of drug-likeness (QED) is 0.380. The summed E-state index contributed by atoms with van der Waals surface area (Å²) in [5.74, 6) is 4.89. The second-order valence-electron chi connectivity index (χ2n) is 4.44. The lowest BCUT2D eigenvalue weighted by atomic mass is 10.3. The summed E-state index contributed by atoms with van der Waals surface area (Å²) in [7, 11) is -0.302. The molecule has 4 aromatic rings. The Bertz CT molecular complexity index is 764. The van der Waals surface area contributed by atoms with Crippen molar-refractivity contribution in [1.82, 2.24) is 0 Å². The largest absolute Gasteiger partial charge is 0.0678 e. The van der Waals surface area contributed by atoms with Gasteiger partial charge in [0.15, 0.2) is 0 Å². The Hall–Kier alpha value is -1.48. The van der Waals surface area contributed by atoms with Gasteiger partial charge in [0, 0.05) is 10.2 Å². The third-order valence-corrected chi connectivity index (χ3v) is 10.0. The minimum Gasteiger partial charge on any atom is -0.0678 e. The maximum Gasteiger partial charge on any atom is 0.00903 e. The van der Waals surface area contributed by atoms with Crippen molar-refractivity contribution in [3.63, 3.8) is 0 Å². The highest BCUT2D eigenvalue weighted by atomic mass is 32.0. The Morgan fingerprint density at radius 3 is 1.44 bits per heavy atom. The molecule has 0 nitrogen and oxygen atoms in total. The molecule has 0 saturated heterocycles. The molecule has 2 atom stereocenters. The third-order valence-electron chi connectivity index (χ3n) is 3.39. The number of fused-ring (bicyclic) bond motifs is 2. The van der Waals surface area contributed by atoms with Gasteiger partial charge in [-0.05, 0) is 46.6 Å². The predicted molar refractivity (Wildman–Crippen MR) is 84.1 cm³/mol. The number of hydrogen-bond acceptors (Lipinski definition) is 0. The van der Waals surface area contributed by atoms with Crippen molar-refractivity contribution in [3.05, 3.63) is 72.3 Å². The molecule has 4 rings (SSSR count). The van der Waals surface area contributed by atoms with Crippen molar-refractivity contribution < 1.29 is 0 Å². The zero-order valence-electron chi connectivity index (χ0n) is 9.82. The molecular formula is C16H12P2. The Morgan fingerprint density at radius 2 is 0.944 bits per heavy atom. The molecule has 0 aliphatic heterocycles. The van der Waals surface area contributed by atoms with Crippen molar-refractivity contribution in [1.29, 1.82) is 0 Å². The number of benzene rings is 2. The Balaban J connectivity index is 2.08. The number of hydrogen-bond donors (Lipinski definition) is 0. The third kappa shape index (κ3) is 1.47. The average Bonchev–Trinajstić information content (AvgIpc) is 3.01. The van der Waals surface area contributed by atoms with E-state index in [1.807, 2.05) is 0 Å². The van der Waals surface area contributed by atoms with Gasteiger partial charge in [0.05, 0.1) is 0 Å². The van der Waals surface area contributed by atoms with E-state index in [1.54, 1.807) is 10.2 Å². The molecule has 0 bridgehead atoms. The highest BCUT2D eigenvalue weighted by Crippen LogP contribution is 2.64. The lowest BCUT2D eigenvalue weighted by Gasteiger charge is -2.01. The van der Waals surface area contributed by atoms with Gasteiger partial charge in [-0.25, -0.2) is 0 Å². The van der Waals surface area contributed by atoms with Crippen molar-refractivity contribution >= 4 is 35.5 Å². The molecule has 0 spiro atoms. The molecular weight excluding hydrogens is 254 g/mol. The first-order valence-corrected chi connectivity index (χ1v) is 9.59. The molecule has 0 N–H and O–H groups in total. The minimum absolute atomic E-state index is 0.151. The maximum absolute atomic E-state index is 2.44. The predicted octanol–water partition coefficient (Wildman–Crippen LogP) is 6.28. The van der Waals surface area contributed by atoms with E-state index in [1.165, 1.54) is 10.8 Å².